The van der Waals surface area contributed by atoms with Crippen molar-refractivity contribution in [2.45, 2.75) is 32.7 Å². The predicted molar refractivity (Wildman–Crippen MR) is 95.2 cm³/mol. The largest absolute Gasteiger partial charge is 0.493 e. The quantitative estimate of drug-likeness (QED) is 0.766. The Kier molecular flexibility index (Phi) is 6.04. The van der Waals surface area contributed by atoms with Crippen LogP contribution in [0.5, 0.6) is 11.5 Å². The molecule has 1 aliphatic heterocycles. The van der Waals surface area contributed by atoms with E-state index in [4.69, 9.17) is 9.47 Å². The Labute approximate surface area is 150 Å². The number of methoxy groups -OCH3 is 2. The third-order valence-electron chi connectivity index (χ3n) is 4.14. The van der Waals surface area contributed by atoms with Gasteiger partial charge in [0.15, 0.2) is 17.3 Å². The average Bonchev–Trinajstić information content (AvgIpc) is 2.55. The van der Waals surface area contributed by atoms with Crippen molar-refractivity contribution in [1.82, 2.24) is 4.90 Å². The first kappa shape index (κ1) is 18.5. The van der Waals surface area contributed by atoms with Crippen LogP contribution in [0, 0.1) is 5.92 Å². The monoisotopic (exact) mass is 395 g/mol. The molecule has 1 aromatic rings. The van der Waals surface area contributed by atoms with E-state index in [9.17, 15) is 9.59 Å². The topological polar surface area (TPSA) is 55.8 Å². The number of amides is 1. The molecule has 1 amide bonds. The molecule has 1 aliphatic rings. The van der Waals surface area contributed by atoms with Crippen molar-refractivity contribution in [1.29, 1.82) is 0 Å². The highest BCUT2D eigenvalue weighted by atomic mass is 79.9. The maximum absolute atomic E-state index is 12.8. The van der Waals surface area contributed by atoms with E-state index in [1.165, 1.54) is 6.08 Å². The van der Waals surface area contributed by atoms with Crippen LogP contribution in [0.3, 0.4) is 0 Å². The molecule has 1 aromatic carbocycles. The van der Waals surface area contributed by atoms with Crippen LogP contribution < -0.4 is 9.47 Å². The van der Waals surface area contributed by atoms with E-state index in [2.05, 4.69) is 15.9 Å². The van der Waals surface area contributed by atoms with Crippen molar-refractivity contribution in [2.75, 3.05) is 14.2 Å². The summed E-state index contributed by atoms with van der Waals surface area (Å²) in [5, 5.41) is 0. The molecule has 0 saturated carbocycles. The highest BCUT2D eigenvalue weighted by Crippen LogP contribution is 2.34. The van der Waals surface area contributed by atoms with Gasteiger partial charge >= 0.3 is 0 Å². The average molecular weight is 396 g/mol. The predicted octanol–water partition coefficient (Wildman–Crippen LogP) is 3.35. The van der Waals surface area contributed by atoms with Gasteiger partial charge in [0.25, 0.3) is 0 Å². The zero-order valence-corrected chi connectivity index (χ0v) is 15.9. The number of ether oxygens (including phenoxy) is 2. The second kappa shape index (κ2) is 7.83. The van der Waals surface area contributed by atoms with Gasteiger partial charge in [-0.3, -0.25) is 9.59 Å². The first-order valence-corrected chi connectivity index (χ1v) is 8.59. The van der Waals surface area contributed by atoms with Gasteiger partial charge in [-0.2, -0.15) is 0 Å². The van der Waals surface area contributed by atoms with E-state index in [1.807, 2.05) is 13.8 Å². The Hall–Kier alpha value is -1.82. The molecule has 0 saturated heterocycles. The summed E-state index contributed by atoms with van der Waals surface area (Å²) in [6.07, 6.45) is 3.66. The zero-order chi connectivity index (χ0) is 17.9. The molecule has 0 bridgehead atoms. The number of hydrogen-bond donors (Lipinski definition) is 0. The van der Waals surface area contributed by atoms with E-state index in [0.29, 0.717) is 17.9 Å². The Morgan fingerprint density at radius 1 is 1.29 bits per heavy atom. The van der Waals surface area contributed by atoms with Gasteiger partial charge < -0.3 is 14.4 Å². The van der Waals surface area contributed by atoms with Gasteiger partial charge in [-0.15, -0.1) is 0 Å². The molecule has 0 aliphatic carbocycles. The van der Waals surface area contributed by atoms with E-state index in [0.717, 1.165) is 10.0 Å². The third-order valence-corrected chi connectivity index (χ3v) is 4.88. The van der Waals surface area contributed by atoms with E-state index >= 15 is 0 Å². The van der Waals surface area contributed by atoms with Crippen LogP contribution in [0.25, 0.3) is 0 Å². The summed E-state index contributed by atoms with van der Waals surface area (Å²) < 4.78 is 11.3. The molecule has 2 rings (SSSR count). The molecule has 130 valence electrons. The number of nitrogens with zero attached hydrogens (tertiary/aromatic N) is 1. The molecule has 1 heterocycles. The van der Waals surface area contributed by atoms with E-state index in [1.54, 1.807) is 37.5 Å². The number of hydrogen-bond acceptors (Lipinski definition) is 4. The van der Waals surface area contributed by atoms with Crippen LogP contribution in [0.15, 0.2) is 28.9 Å². The molecule has 6 heteroatoms. The Balaban J connectivity index is 2.25. The fraction of sp³-hybridized carbons (Fsp3) is 0.444. The maximum atomic E-state index is 12.8. The third kappa shape index (κ3) is 3.98. The van der Waals surface area contributed by atoms with Crippen molar-refractivity contribution in [3.63, 3.8) is 0 Å². The minimum absolute atomic E-state index is 0.0506. The summed E-state index contributed by atoms with van der Waals surface area (Å²) >= 11 is 3.48. The SMILES string of the molecule is COc1cc(Br)c(CC(=O)N2C=CC(=O)CC2C(C)C)cc1OC. The summed E-state index contributed by atoms with van der Waals surface area (Å²) in [6, 6.07) is 3.48. The minimum atomic E-state index is -0.103. The molecule has 5 nitrogen and oxygen atoms in total. The molecule has 1 atom stereocenters. The van der Waals surface area contributed by atoms with Crippen molar-refractivity contribution in [2.24, 2.45) is 5.92 Å². The molecule has 0 radical (unpaired) electrons. The van der Waals surface area contributed by atoms with Gasteiger partial charge in [0.05, 0.1) is 20.6 Å². The van der Waals surface area contributed by atoms with Crippen molar-refractivity contribution >= 4 is 27.6 Å². The standard InChI is InChI=1S/C18H22BrNO4/c1-11(2)15-9-13(21)5-6-20(15)18(22)8-12-7-16(23-3)17(24-4)10-14(12)19/h5-7,10-11,15H,8-9H2,1-4H3. The first-order chi connectivity index (χ1) is 11.4. The molecule has 24 heavy (non-hydrogen) atoms. The highest BCUT2D eigenvalue weighted by molar-refractivity contribution is 9.10. The Morgan fingerprint density at radius 2 is 1.92 bits per heavy atom. The summed E-state index contributed by atoms with van der Waals surface area (Å²) in [5.41, 5.74) is 0.811. The first-order valence-electron chi connectivity index (χ1n) is 7.80. The summed E-state index contributed by atoms with van der Waals surface area (Å²) in [4.78, 5) is 26.1. The normalized spacial score (nSPS) is 17.3. The lowest BCUT2D eigenvalue weighted by molar-refractivity contribution is -0.132. The van der Waals surface area contributed by atoms with Crippen LogP contribution in [0.1, 0.15) is 25.8 Å². The summed E-state index contributed by atoms with van der Waals surface area (Å²) in [7, 11) is 3.13. The zero-order valence-electron chi connectivity index (χ0n) is 14.3. The van der Waals surface area contributed by atoms with Crippen LogP contribution >= 0.6 is 15.9 Å². The Morgan fingerprint density at radius 3 is 2.50 bits per heavy atom. The lowest BCUT2D eigenvalue weighted by atomic mass is 9.94. The van der Waals surface area contributed by atoms with Gasteiger partial charge in [-0.1, -0.05) is 29.8 Å². The number of carbonyl (C=O) groups is 2. The fourth-order valence-electron chi connectivity index (χ4n) is 2.76. The summed E-state index contributed by atoms with van der Waals surface area (Å²) in [6.45, 7) is 4.04. The number of rotatable bonds is 5. The smallest absolute Gasteiger partial charge is 0.231 e. The minimum Gasteiger partial charge on any atom is -0.493 e. The van der Waals surface area contributed by atoms with Gasteiger partial charge in [0.1, 0.15) is 0 Å². The van der Waals surface area contributed by atoms with Crippen molar-refractivity contribution in [3.8, 4) is 11.5 Å². The lowest BCUT2D eigenvalue weighted by Crippen LogP contribution is -2.43. The highest BCUT2D eigenvalue weighted by Gasteiger charge is 2.29. The maximum Gasteiger partial charge on any atom is 0.231 e. The van der Waals surface area contributed by atoms with Crippen LogP contribution in [0.2, 0.25) is 0 Å². The van der Waals surface area contributed by atoms with Crippen molar-refractivity contribution in [3.05, 3.63) is 34.4 Å². The van der Waals surface area contributed by atoms with Gasteiger partial charge in [0.2, 0.25) is 5.91 Å². The second-order valence-electron chi connectivity index (χ2n) is 6.07. The number of halogens is 1. The molecular weight excluding hydrogens is 374 g/mol. The van der Waals surface area contributed by atoms with E-state index < -0.39 is 0 Å². The number of carbonyl (C=O) groups excluding carboxylic acids is 2. The number of benzene rings is 1. The van der Waals surface area contributed by atoms with Gasteiger partial charge in [-0.05, 0) is 29.7 Å². The second-order valence-corrected chi connectivity index (χ2v) is 6.93. The number of ketones is 1. The van der Waals surface area contributed by atoms with Crippen LogP contribution in [0.4, 0.5) is 0 Å². The van der Waals surface area contributed by atoms with Gasteiger partial charge in [-0.25, -0.2) is 0 Å². The Bertz CT molecular complexity index is 669. The molecule has 0 spiro atoms. The number of allylic oxidation sites excluding steroid dienone is 1. The molecule has 1 unspecified atom stereocenters. The van der Waals surface area contributed by atoms with E-state index in [-0.39, 0.29) is 30.1 Å². The van der Waals surface area contributed by atoms with Crippen molar-refractivity contribution < 1.29 is 19.1 Å². The molecular formula is C18H22BrNO4. The molecule has 0 fully saturated rings. The fourth-order valence-corrected chi connectivity index (χ4v) is 3.22. The molecule has 0 aromatic heterocycles. The van der Waals surface area contributed by atoms with Gasteiger partial charge in [0, 0.05) is 23.1 Å². The molecule has 0 N–H and O–H groups in total. The summed E-state index contributed by atoms with van der Waals surface area (Å²) in [5.74, 6) is 1.39. The van der Waals surface area contributed by atoms with Crippen LogP contribution in [-0.4, -0.2) is 36.9 Å². The van der Waals surface area contributed by atoms with Crippen LogP contribution in [-0.2, 0) is 16.0 Å². The lowest BCUT2D eigenvalue weighted by Gasteiger charge is -2.34.